The van der Waals surface area contributed by atoms with E-state index < -0.39 is 17.6 Å². The number of hydrogen-bond donors (Lipinski definition) is 0. The molecule has 0 N–H and O–H groups in total. The van der Waals surface area contributed by atoms with Gasteiger partial charge >= 0.3 is 28.4 Å². The number of rotatable bonds is 6. The second kappa shape index (κ2) is 18.7. The van der Waals surface area contributed by atoms with E-state index in [4.69, 9.17) is 0 Å². The minimum atomic E-state index is -0.959. The van der Waals surface area contributed by atoms with Gasteiger partial charge in [-0.25, -0.2) is 0 Å². The van der Waals surface area contributed by atoms with Crippen molar-refractivity contribution in [2.75, 3.05) is 0 Å². The maximum absolute atomic E-state index is 3.34. The van der Waals surface area contributed by atoms with Crippen LogP contribution in [0, 0.1) is 0 Å². The Bertz CT molecular complexity index is 1860. The molecule has 0 nitrogen and oxygen atoms in total. The molecule has 0 amide bonds. The molecule has 234 valence electrons. The van der Waals surface area contributed by atoms with Crippen LogP contribution < -0.4 is 55.9 Å². The summed E-state index contributed by atoms with van der Waals surface area (Å²) in [5, 5.41) is 14.2. The van der Waals surface area contributed by atoms with Crippen LogP contribution in [0.1, 0.15) is 0 Å². The standard InChI is InChI=1S/2C21H16Si.CH2.2ClH.Zr/c2*1-3-10-18(11-4-1)22(19-12-5-2-6-13-19)21-16-15-17-9-7-8-14-20(17)21;;;;/h2*1-16H;1H2;2*1H;/q2*-1;;;;+2/p-2. The first-order valence-electron chi connectivity index (χ1n) is 15.5. The Balaban J connectivity index is 0.000000198. The zero-order valence-electron chi connectivity index (χ0n) is 26.4. The Labute approximate surface area is 315 Å². The van der Waals surface area contributed by atoms with Crippen molar-refractivity contribution in [3.63, 3.8) is 0 Å². The molecule has 0 unspecified atom stereocenters. The van der Waals surface area contributed by atoms with E-state index in [1.807, 2.05) is 0 Å². The fourth-order valence-corrected chi connectivity index (χ4v) is 11.6. The average Bonchev–Trinajstić information content (AvgIpc) is 3.77. The van der Waals surface area contributed by atoms with Crippen LogP contribution in [0.25, 0.3) is 21.5 Å². The Morgan fingerprint density at radius 2 is 0.604 bits per heavy atom. The molecule has 0 aliphatic rings. The van der Waals surface area contributed by atoms with E-state index in [1.54, 1.807) is 0 Å². The van der Waals surface area contributed by atoms with Crippen molar-refractivity contribution >= 4 is 74.5 Å². The maximum atomic E-state index is 3.34. The van der Waals surface area contributed by atoms with E-state index >= 15 is 0 Å². The van der Waals surface area contributed by atoms with Crippen LogP contribution in [-0.2, 0) is 24.2 Å². The molecular weight excluding hydrogens is 735 g/mol. The largest absolute Gasteiger partial charge is 1.00 e. The van der Waals surface area contributed by atoms with Crippen LogP contribution >= 0.6 is 0 Å². The smallest absolute Gasteiger partial charge is 0.0959 e. The predicted molar refractivity (Wildman–Crippen MR) is 201 cm³/mol. The van der Waals surface area contributed by atoms with Crippen LogP contribution in [0.2, 0.25) is 0 Å². The van der Waals surface area contributed by atoms with Crippen LogP contribution in [-0.4, -0.2) is 21.8 Å². The molecule has 0 aliphatic carbocycles. The minimum absolute atomic E-state index is 0. The van der Waals surface area contributed by atoms with Crippen molar-refractivity contribution in [3.8, 4) is 0 Å². The summed E-state index contributed by atoms with van der Waals surface area (Å²) < 4.78 is 3.34. The van der Waals surface area contributed by atoms with Gasteiger partial charge in [0, 0.05) is 0 Å². The van der Waals surface area contributed by atoms with Crippen molar-refractivity contribution < 1.29 is 49.0 Å². The van der Waals surface area contributed by atoms with Gasteiger partial charge in [-0.1, -0.05) is 154 Å². The number of benzene rings is 6. The van der Waals surface area contributed by atoms with Crippen molar-refractivity contribution in [3.05, 3.63) is 194 Å². The molecule has 48 heavy (non-hydrogen) atoms. The average molecular weight is 769 g/mol. The Kier molecular flexibility index (Phi) is 14.5. The Morgan fingerprint density at radius 1 is 0.354 bits per heavy atom. The molecule has 2 radical (unpaired) electrons. The van der Waals surface area contributed by atoms with E-state index in [2.05, 4.69) is 198 Å². The van der Waals surface area contributed by atoms with E-state index in [1.165, 1.54) is 76.9 Å². The van der Waals surface area contributed by atoms with Gasteiger partial charge in [-0.15, -0.1) is 59.3 Å². The second-order valence-electron chi connectivity index (χ2n) is 10.9. The molecular formula is C43H34Cl2Si2Zr-2. The first kappa shape index (κ1) is 37.1. The van der Waals surface area contributed by atoms with Crippen molar-refractivity contribution in [1.82, 2.24) is 0 Å². The van der Waals surface area contributed by atoms with Gasteiger partial charge in [0.2, 0.25) is 0 Å². The molecule has 0 atom stereocenters. The zero-order chi connectivity index (χ0) is 31.6. The van der Waals surface area contributed by atoms with Gasteiger partial charge in [-0.2, -0.15) is 33.3 Å². The van der Waals surface area contributed by atoms with E-state index in [9.17, 15) is 0 Å². The summed E-state index contributed by atoms with van der Waals surface area (Å²) in [4.78, 5) is 0. The van der Waals surface area contributed by atoms with Crippen molar-refractivity contribution in [1.29, 1.82) is 0 Å². The summed E-state index contributed by atoms with van der Waals surface area (Å²) in [6.07, 6.45) is 0. The zero-order valence-corrected chi connectivity index (χ0v) is 32.4. The molecule has 0 bridgehead atoms. The minimum Gasteiger partial charge on any atom is -1.00 e. The topological polar surface area (TPSA) is 0 Å². The van der Waals surface area contributed by atoms with Crippen molar-refractivity contribution in [2.24, 2.45) is 0 Å². The number of fused-ring (bicyclic) bond motifs is 2. The SMILES string of the molecule is [CH2]=[Zr+2].[Cl-].[Cl-].c1ccc([Si](c2ccccc2)c2c[cH-]c3ccccc23)cc1.c1ccc([Si](c2ccccc2)c2c[cH-]c3ccccc23)cc1. The third-order valence-corrected chi connectivity index (χ3v) is 13.7. The molecule has 0 saturated carbocycles. The van der Waals surface area contributed by atoms with Gasteiger partial charge in [-0.3, -0.25) is 0 Å². The van der Waals surface area contributed by atoms with Gasteiger partial charge in [0.1, 0.15) is 0 Å². The summed E-state index contributed by atoms with van der Waals surface area (Å²) in [5.41, 5.74) is 0. The van der Waals surface area contributed by atoms with Gasteiger partial charge < -0.3 is 24.8 Å². The third-order valence-electron chi connectivity index (χ3n) is 8.15. The Morgan fingerprint density at radius 3 is 0.896 bits per heavy atom. The second-order valence-corrected chi connectivity index (χ2v) is 15.8. The maximum Gasteiger partial charge on any atom is 0.0959 e. The van der Waals surface area contributed by atoms with E-state index in [0.717, 1.165) is 0 Å². The third kappa shape index (κ3) is 8.47. The fourth-order valence-electron chi connectivity index (χ4n) is 6.11. The monoisotopic (exact) mass is 766 g/mol. The van der Waals surface area contributed by atoms with Crippen LogP contribution in [0.5, 0.6) is 0 Å². The summed E-state index contributed by atoms with van der Waals surface area (Å²) >= 11 is 1.30. The molecule has 0 heterocycles. The first-order chi connectivity index (χ1) is 22.9. The predicted octanol–water partition coefficient (Wildman–Crippen LogP) is 0.123. The molecule has 0 spiro atoms. The number of hydrogen-bond acceptors (Lipinski definition) is 0. The molecule has 8 aromatic rings. The van der Waals surface area contributed by atoms with E-state index in [-0.39, 0.29) is 24.8 Å². The van der Waals surface area contributed by atoms with Gasteiger partial charge in [0.15, 0.2) is 0 Å². The molecule has 8 aromatic carbocycles. The summed E-state index contributed by atoms with van der Waals surface area (Å²) in [6, 6.07) is 70.2. The van der Waals surface area contributed by atoms with E-state index in [0.29, 0.717) is 0 Å². The molecule has 5 heteroatoms. The normalized spacial score (nSPS) is 10.3. The van der Waals surface area contributed by atoms with Crippen LogP contribution in [0.15, 0.2) is 194 Å². The summed E-state index contributed by atoms with van der Waals surface area (Å²) in [5.74, 6) is 0. The van der Waals surface area contributed by atoms with Crippen LogP contribution in [0.4, 0.5) is 0 Å². The quantitative estimate of drug-likeness (QED) is 0.167. The fraction of sp³-hybridized carbons (Fsp3) is 0. The Hall–Kier alpha value is -3.69. The molecule has 8 rings (SSSR count). The summed E-state index contributed by atoms with van der Waals surface area (Å²) in [6.45, 7) is 0. The van der Waals surface area contributed by atoms with Crippen molar-refractivity contribution in [2.45, 2.75) is 0 Å². The van der Waals surface area contributed by atoms with Crippen LogP contribution in [0.3, 0.4) is 0 Å². The molecule has 0 aliphatic heterocycles. The van der Waals surface area contributed by atoms with Gasteiger partial charge in [0.05, 0.1) is 17.6 Å². The number of halogens is 2. The summed E-state index contributed by atoms with van der Waals surface area (Å²) in [7, 11) is -1.92. The first-order valence-corrected chi connectivity index (χ1v) is 20.2. The van der Waals surface area contributed by atoms with Gasteiger partial charge in [0.25, 0.3) is 0 Å². The molecule has 0 aromatic heterocycles. The molecule has 0 saturated heterocycles. The molecule has 0 fully saturated rings. The van der Waals surface area contributed by atoms with Gasteiger partial charge in [-0.05, 0) is 0 Å².